The molecule has 0 spiro atoms. The molecule has 0 heterocycles. The Morgan fingerprint density at radius 1 is 0.657 bits per heavy atom. The fraction of sp³-hybridized carbons (Fsp3) is 0.621. The van der Waals surface area contributed by atoms with Gasteiger partial charge in [0.25, 0.3) is 10.1 Å². The molecule has 1 radical (unpaired) electrons. The number of unbranched alkanes of at least 4 members (excludes halogenated alkanes) is 15. The quantitative estimate of drug-likeness (QED) is 0.124. The van der Waals surface area contributed by atoms with Gasteiger partial charge < -0.3 is 4.79 Å². The minimum Gasteiger partial charge on any atom is -0.307 e. The van der Waals surface area contributed by atoms with E-state index in [9.17, 15) is 13.0 Å². The second kappa shape index (κ2) is 21.4. The van der Waals surface area contributed by atoms with Crippen LogP contribution >= 0.6 is 0 Å². The zero-order chi connectivity index (χ0) is 25.1. The van der Waals surface area contributed by atoms with Gasteiger partial charge in [0.15, 0.2) is 0 Å². The molecule has 0 saturated carbocycles. The van der Waals surface area contributed by atoms with E-state index < -0.39 is 10.1 Å². The maximum Gasteiger partial charge on any atom is 0.295 e. The van der Waals surface area contributed by atoms with Crippen molar-refractivity contribution in [3.05, 3.63) is 42.0 Å². The molecule has 0 saturated heterocycles. The van der Waals surface area contributed by atoms with E-state index in [-0.39, 0.29) is 34.5 Å². The molecule has 0 unspecified atom stereocenters. The summed E-state index contributed by atoms with van der Waals surface area (Å²) < 4.78 is 33.8. The van der Waals surface area contributed by atoms with Crippen LogP contribution in [0.15, 0.2) is 41.3 Å². The molecule has 4 nitrogen and oxygen atoms in total. The van der Waals surface area contributed by atoms with Crippen molar-refractivity contribution >= 4 is 57.2 Å². The van der Waals surface area contributed by atoms with Crippen molar-refractivity contribution in [1.82, 2.24) is 0 Å². The summed E-state index contributed by atoms with van der Waals surface area (Å²) in [6.07, 6.45) is 21.8. The van der Waals surface area contributed by atoms with Gasteiger partial charge in [0, 0.05) is 34.9 Å². The molecule has 0 aromatic heterocycles. The summed E-state index contributed by atoms with van der Waals surface area (Å²) in [6.45, 7) is 4.27. The van der Waals surface area contributed by atoms with Gasteiger partial charge in [0.2, 0.25) is 0 Å². The largest absolute Gasteiger partial charge is 0.307 e. The Bertz CT molecular complexity index is 899. The SMILES string of the molecule is C=O.CCCCCCCCCCCCCCCCCCc1ccc2ccccc2c1S(=O)(=O)O.[Na]. The first-order valence-corrected chi connectivity index (χ1v) is 14.7. The second-order valence-electron chi connectivity index (χ2n) is 9.30. The zero-order valence-corrected chi connectivity index (χ0v) is 25.1. The third-order valence-electron chi connectivity index (χ3n) is 6.52. The van der Waals surface area contributed by atoms with Crippen molar-refractivity contribution in [2.24, 2.45) is 0 Å². The first-order valence-electron chi connectivity index (χ1n) is 13.3. The molecule has 35 heavy (non-hydrogen) atoms. The summed E-state index contributed by atoms with van der Waals surface area (Å²) in [5, 5.41) is 1.46. The first-order chi connectivity index (χ1) is 16.5. The molecular formula is C29H46NaO4S. The van der Waals surface area contributed by atoms with Gasteiger partial charge >= 0.3 is 0 Å². The fourth-order valence-corrected chi connectivity index (χ4v) is 5.62. The van der Waals surface area contributed by atoms with E-state index >= 15 is 0 Å². The smallest absolute Gasteiger partial charge is 0.295 e. The van der Waals surface area contributed by atoms with Gasteiger partial charge in [-0.05, 0) is 23.8 Å². The van der Waals surface area contributed by atoms with Gasteiger partial charge in [-0.25, -0.2) is 0 Å². The average molecular weight is 514 g/mol. The van der Waals surface area contributed by atoms with Crippen LogP contribution in [0.4, 0.5) is 0 Å². The Balaban J connectivity index is 0.00000375. The van der Waals surface area contributed by atoms with Gasteiger partial charge in [-0.1, -0.05) is 140 Å². The van der Waals surface area contributed by atoms with Gasteiger partial charge in [0.1, 0.15) is 11.7 Å². The van der Waals surface area contributed by atoms with Crippen molar-refractivity contribution in [1.29, 1.82) is 0 Å². The molecule has 193 valence electrons. The third kappa shape index (κ3) is 14.6. The van der Waals surface area contributed by atoms with E-state index in [1.165, 1.54) is 89.9 Å². The molecular weight excluding hydrogens is 467 g/mol. The average Bonchev–Trinajstić information content (AvgIpc) is 2.84. The molecule has 0 bridgehead atoms. The van der Waals surface area contributed by atoms with E-state index in [4.69, 9.17) is 4.79 Å². The Labute approximate surface area is 236 Å². The van der Waals surface area contributed by atoms with Crippen LogP contribution < -0.4 is 0 Å². The molecule has 0 amide bonds. The summed E-state index contributed by atoms with van der Waals surface area (Å²) in [5.41, 5.74) is 0.733. The minimum atomic E-state index is -4.23. The van der Waals surface area contributed by atoms with Gasteiger partial charge in [-0.2, -0.15) is 8.42 Å². The van der Waals surface area contributed by atoms with Crippen molar-refractivity contribution in [2.75, 3.05) is 0 Å². The fourth-order valence-electron chi connectivity index (χ4n) is 4.65. The molecule has 0 aliphatic carbocycles. The maximum atomic E-state index is 12.0. The molecule has 0 aliphatic heterocycles. The van der Waals surface area contributed by atoms with Crippen LogP contribution in [0.3, 0.4) is 0 Å². The van der Waals surface area contributed by atoms with E-state index in [1.54, 1.807) is 6.07 Å². The minimum absolute atomic E-state index is 0. The van der Waals surface area contributed by atoms with Crippen LogP contribution in [0.2, 0.25) is 0 Å². The van der Waals surface area contributed by atoms with E-state index in [1.807, 2.05) is 37.1 Å². The number of carbonyl (C=O) groups excluding carboxylic acids is 1. The van der Waals surface area contributed by atoms with Crippen molar-refractivity contribution < 1.29 is 17.8 Å². The second-order valence-corrected chi connectivity index (χ2v) is 10.7. The monoisotopic (exact) mass is 513 g/mol. The number of carbonyl (C=O) groups is 1. The van der Waals surface area contributed by atoms with Crippen LogP contribution in [0.1, 0.15) is 115 Å². The first kappa shape index (κ1) is 34.3. The molecule has 2 aromatic carbocycles. The third-order valence-corrected chi connectivity index (χ3v) is 7.52. The Morgan fingerprint density at radius 2 is 1.09 bits per heavy atom. The topological polar surface area (TPSA) is 71.4 Å². The maximum absolute atomic E-state index is 12.0. The molecule has 0 atom stereocenters. The van der Waals surface area contributed by atoms with Crippen molar-refractivity contribution in [3.63, 3.8) is 0 Å². The summed E-state index contributed by atoms with van der Waals surface area (Å²) in [6, 6.07) is 11.2. The molecule has 1 N–H and O–H groups in total. The zero-order valence-electron chi connectivity index (χ0n) is 22.3. The van der Waals surface area contributed by atoms with E-state index in [0.29, 0.717) is 11.8 Å². The summed E-state index contributed by atoms with van der Waals surface area (Å²) in [5.74, 6) is 0. The number of rotatable bonds is 18. The van der Waals surface area contributed by atoms with Gasteiger partial charge in [0.05, 0.1) is 0 Å². The van der Waals surface area contributed by atoms with E-state index in [0.717, 1.165) is 23.8 Å². The Hall–Kier alpha value is -0.720. The number of aryl methyl sites for hydroxylation is 1. The predicted molar refractivity (Wildman–Crippen MR) is 150 cm³/mol. The summed E-state index contributed by atoms with van der Waals surface area (Å²) in [4.78, 5) is 8.09. The molecule has 2 rings (SSSR count). The molecule has 6 heteroatoms. The normalized spacial score (nSPS) is 11.0. The van der Waals surface area contributed by atoms with E-state index in [2.05, 4.69) is 6.92 Å². The predicted octanol–water partition coefficient (Wildman–Crippen LogP) is 8.32. The van der Waals surface area contributed by atoms with Crippen LogP contribution in [0.5, 0.6) is 0 Å². The van der Waals surface area contributed by atoms with Gasteiger partial charge in [-0.15, -0.1) is 0 Å². The van der Waals surface area contributed by atoms with Crippen LogP contribution in [0, 0.1) is 0 Å². The number of benzene rings is 2. The Kier molecular flexibility index (Phi) is 20.9. The summed E-state index contributed by atoms with van der Waals surface area (Å²) in [7, 11) is -4.23. The summed E-state index contributed by atoms with van der Waals surface area (Å²) >= 11 is 0. The van der Waals surface area contributed by atoms with Crippen molar-refractivity contribution in [2.45, 2.75) is 121 Å². The number of hydrogen-bond acceptors (Lipinski definition) is 3. The number of hydrogen-bond donors (Lipinski definition) is 1. The molecule has 0 fully saturated rings. The standard InChI is InChI=1S/C28H44O3S.CH2O.Na/c1-2-3-4-5-6-7-8-9-10-11-12-13-14-15-16-17-21-26-24-23-25-20-18-19-22-27(25)28(26)32(29,30)31;1-2;/h18-20,22-24H,2-17,21H2,1H3,(H,29,30,31);1H2;. The van der Waals surface area contributed by atoms with Crippen LogP contribution in [-0.2, 0) is 21.3 Å². The van der Waals surface area contributed by atoms with Crippen LogP contribution in [0.25, 0.3) is 10.8 Å². The Morgan fingerprint density at radius 3 is 1.54 bits per heavy atom. The van der Waals surface area contributed by atoms with Gasteiger partial charge in [-0.3, -0.25) is 4.55 Å². The van der Waals surface area contributed by atoms with Crippen molar-refractivity contribution in [3.8, 4) is 0 Å². The number of fused-ring (bicyclic) bond motifs is 1. The molecule has 0 aliphatic rings. The van der Waals surface area contributed by atoms with Crippen LogP contribution in [-0.4, -0.2) is 49.3 Å². The molecule has 2 aromatic rings.